The maximum absolute atomic E-state index is 12.2. The Morgan fingerprint density at radius 2 is 2.09 bits per heavy atom. The monoisotopic (exact) mass is 352 g/mol. The van der Waals surface area contributed by atoms with Crippen LogP contribution in [0.25, 0.3) is 0 Å². The molecule has 1 fully saturated rings. The average molecular weight is 353 g/mol. The van der Waals surface area contributed by atoms with Crippen molar-refractivity contribution in [2.45, 2.75) is 24.9 Å². The molecule has 0 aliphatic carbocycles. The Labute approximate surface area is 136 Å². The Kier molecular flexibility index (Phi) is 6.42. The van der Waals surface area contributed by atoms with Gasteiger partial charge in [-0.25, -0.2) is 17.9 Å². The molecule has 1 aromatic heterocycles. The van der Waals surface area contributed by atoms with Crippen molar-refractivity contribution < 1.29 is 22.4 Å². The van der Waals surface area contributed by atoms with Gasteiger partial charge in [0.1, 0.15) is 6.26 Å². The molecule has 1 aliphatic rings. The number of nitrogens with one attached hydrogen (secondary N) is 2. The molecule has 0 atom stereocenters. The smallest absolute Gasteiger partial charge is 0.341 e. The van der Waals surface area contributed by atoms with Crippen LogP contribution in [-0.4, -0.2) is 41.1 Å². The highest BCUT2D eigenvalue weighted by Gasteiger charge is 2.30. The molecule has 0 unspecified atom stereocenters. The number of sulfonamides is 1. The Morgan fingerprint density at radius 3 is 2.68 bits per heavy atom. The van der Waals surface area contributed by atoms with Crippen LogP contribution < -0.4 is 10.0 Å². The van der Waals surface area contributed by atoms with Gasteiger partial charge < -0.3 is 14.5 Å². The normalized spacial score (nSPS) is 17.5. The summed E-state index contributed by atoms with van der Waals surface area (Å²) < 4.78 is 36.4. The minimum atomic E-state index is -3.76. The number of rotatable bonds is 5. The van der Waals surface area contributed by atoms with E-state index in [1.807, 2.05) is 0 Å². The molecule has 1 saturated heterocycles. The summed E-state index contributed by atoms with van der Waals surface area (Å²) in [5.74, 6) is -0.634. The summed E-state index contributed by atoms with van der Waals surface area (Å²) in [6.07, 6.45) is 2.88. The summed E-state index contributed by atoms with van der Waals surface area (Å²) in [6, 6.07) is 1.17. The molecule has 0 radical (unpaired) electrons. The van der Waals surface area contributed by atoms with Crippen molar-refractivity contribution >= 4 is 28.4 Å². The topological polar surface area (TPSA) is 97.6 Å². The summed E-state index contributed by atoms with van der Waals surface area (Å²) in [4.78, 5) is 11.3. The third-order valence-corrected chi connectivity index (χ3v) is 5.03. The number of hydrogen-bond donors (Lipinski definition) is 2. The number of carbonyl (C=O) groups excluding carboxylic acids is 1. The third-order valence-electron chi connectivity index (χ3n) is 3.76. The van der Waals surface area contributed by atoms with Gasteiger partial charge in [-0.3, -0.25) is 0 Å². The lowest BCUT2D eigenvalue weighted by molar-refractivity contribution is 0.0600. The van der Waals surface area contributed by atoms with Gasteiger partial charge in [-0.15, -0.1) is 12.4 Å². The van der Waals surface area contributed by atoms with E-state index in [9.17, 15) is 13.2 Å². The van der Waals surface area contributed by atoms with Crippen molar-refractivity contribution in [2.24, 2.45) is 5.41 Å². The molecule has 2 rings (SSSR count). The lowest BCUT2D eigenvalue weighted by atomic mass is 9.81. The summed E-state index contributed by atoms with van der Waals surface area (Å²) in [7, 11) is -2.54. The molecule has 126 valence electrons. The highest BCUT2D eigenvalue weighted by molar-refractivity contribution is 7.89. The largest absolute Gasteiger partial charge is 0.465 e. The van der Waals surface area contributed by atoms with Crippen molar-refractivity contribution in [3.63, 3.8) is 0 Å². The molecular formula is C13H21ClN2O5S. The maximum Gasteiger partial charge on any atom is 0.341 e. The maximum atomic E-state index is 12.2. The summed E-state index contributed by atoms with van der Waals surface area (Å²) >= 11 is 0. The predicted octanol–water partition coefficient (Wildman–Crippen LogP) is 1.16. The van der Waals surface area contributed by atoms with Crippen molar-refractivity contribution in [3.05, 3.63) is 17.9 Å². The van der Waals surface area contributed by atoms with Gasteiger partial charge in [-0.1, -0.05) is 6.92 Å². The number of halogens is 1. The molecule has 1 aliphatic heterocycles. The van der Waals surface area contributed by atoms with E-state index in [4.69, 9.17) is 4.42 Å². The molecule has 22 heavy (non-hydrogen) atoms. The molecule has 0 saturated carbocycles. The number of ether oxygens (including phenoxy) is 1. The number of piperidine rings is 1. The number of methoxy groups -OCH3 is 1. The molecule has 0 aromatic carbocycles. The SMILES string of the molecule is COC(=O)c1coc(S(=O)(=O)NCC2(C)CCNCC2)c1.Cl. The molecule has 0 spiro atoms. The zero-order chi connectivity index (χ0) is 15.5. The second-order valence-electron chi connectivity index (χ2n) is 5.53. The van der Waals surface area contributed by atoms with Gasteiger partial charge >= 0.3 is 5.97 Å². The lowest BCUT2D eigenvalue weighted by Crippen LogP contribution is -2.42. The fraction of sp³-hybridized carbons (Fsp3) is 0.615. The van der Waals surface area contributed by atoms with Crippen LogP contribution in [0.4, 0.5) is 0 Å². The molecule has 0 bridgehead atoms. The van der Waals surface area contributed by atoms with Crippen molar-refractivity contribution in [1.29, 1.82) is 0 Å². The Bertz CT molecular complexity index is 608. The lowest BCUT2D eigenvalue weighted by Gasteiger charge is -2.33. The number of furan rings is 1. The van der Waals surface area contributed by atoms with Crippen molar-refractivity contribution in [3.8, 4) is 0 Å². The van der Waals surface area contributed by atoms with Gasteiger partial charge in [-0.2, -0.15) is 0 Å². The van der Waals surface area contributed by atoms with Crippen LogP contribution in [0.3, 0.4) is 0 Å². The van der Waals surface area contributed by atoms with E-state index in [0.717, 1.165) is 32.2 Å². The van der Waals surface area contributed by atoms with Crippen LogP contribution in [0.5, 0.6) is 0 Å². The zero-order valence-corrected chi connectivity index (χ0v) is 14.2. The molecule has 9 heteroatoms. The van der Waals surface area contributed by atoms with E-state index in [2.05, 4.69) is 21.7 Å². The van der Waals surface area contributed by atoms with Gasteiger partial charge in [0.15, 0.2) is 0 Å². The van der Waals surface area contributed by atoms with Crippen LogP contribution in [-0.2, 0) is 14.8 Å². The van der Waals surface area contributed by atoms with E-state index in [-0.39, 0.29) is 28.5 Å². The van der Waals surface area contributed by atoms with E-state index < -0.39 is 16.0 Å². The second-order valence-corrected chi connectivity index (χ2v) is 7.23. The van der Waals surface area contributed by atoms with E-state index in [1.54, 1.807) is 0 Å². The highest BCUT2D eigenvalue weighted by Crippen LogP contribution is 2.27. The summed E-state index contributed by atoms with van der Waals surface area (Å²) in [5, 5.41) is 2.97. The second kappa shape index (κ2) is 7.45. The molecule has 2 heterocycles. The molecule has 0 amide bonds. The van der Waals surface area contributed by atoms with Gasteiger partial charge in [0.05, 0.1) is 12.7 Å². The number of carbonyl (C=O) groups is 1. The molecule has 2 N–H and O–H groups in total. The summed E-state index contributed by atoms with van der Waals surface area (Å²) in [5.41, 5.74) is 0.00164. The quantitative estimate of drug-likeness (QED) is 0.772. The third kappa shape index (κ3) is 4.45. The summed E-state index contributed by atoms with van der Waals surface area (Å²) in [6.45, 7) is 4.15. The molecular weight excluding hydrogens is 332 g/mol. The first kappa shape index (κ1) is 19.0. The fourth-order valence-corrected chi connectivity index (χ4v) is 3.37. The Morgan fingerprint density at radius 1 is 1.45 bits per heavy atom. The predicted molar refractivity (Wildman–Crippen MR) is 82.7 cm³/mol. The van der Waals surface area contributed by atoms with Gasteiger partial charge in [0.25, 0.3) is 10.0 Å². The van der Waals surface area contributed by atoms with E-state index in [1.165, 1.54) is 13.2 Å². The van der Waals surface area contributed by atoms with E-state index >= 15 is 0 Å². The van der Waals surface area contributed by atoms with Crippen LogP contribution in [0.1, 0.15) is 30.1 Å². The fourth-order valence-electron chi connectivity index (χ4n) is 2.23. The molecule has 1 aromatic rings. The number of esters is 1. The molecule has 7 nitrogen and oxygen atoms in total. The number of hydrogen-bond acceptors (Lipinski definition) is 6. The van der Waals surface area contributed by atoms with Gasteiger partial charge in [-0.05, 0) is 31.3 Å². The van der Waals surface area contributed by atoms with Crippen LogP contribution in [0.15, 0.2) is 21.8 Å². The van der Waals surface area contributed by atoms with Crippen molar-refractivity contribution in [2.75, 3.05) is 26.7 Å². The standard InChI is InChI=1S/C13H20N2O5S.ClH/c1-13(3-5-14-6-4-13)9-15-21(17,18)11-7-10(8-20-11)12(16)19-2;/h7-8,14-15H,3-6,9H2,1-2H3;1H. The first-order chi connectivity index (χ1) is 9.86. The van der Waals surface area contributed by atoms with Gasteiger partial charge in [0, 0.05) is 12.6 Å². The Hall–Kier alpha value is -1.09. The van der Waals surface area contributed by atoms with E-state index in [0.29, 0.717) is 6.54 Å². The highest BCUT2D eigenvalue weighted by atomic mass is 35.5. The van der Waals surface area contributed by atoms with Crippen LogP contribution in [0, 0.1) is 5.41 Å². The van der Waals surface area contributed by atoms with Crippen molar-refractivity contribution in [1.82, 2.24) is 10.0 Å². The zero-order valence-electron chi connectivity index (χ0n) is 12.5. The van der Waals surface area contributed by atoms with Crippen LogP contribution >= 0.6 is 12.4 Å². The average Bonchev–Trinajstić information content (AvgIpc) is 2.96. The van der Waals surface area contributed by atoms with Crippen LogP contribution in [0.2, 0.25) is 0 Å². The van der Waals surface area contributed by atoms with Gasteiger partial charge in [0.2, 0.25) is 5.09 Å². The minimum Gasteiger partial charge on any atom is -0.465 e. The first-order valence-corrected chi connectivity index (χ1v) is 8.22. The minimum absolute atomic E-state index is 0. The Balaban J connectivity index is 0.00000242. The first-order valence-electron chi connectivity index (χ1n) is 6.74.